The summed E-state index contributed by atoms with van der Waals surface area (Å²) in [5.41, 5.74) is -2.14. The monoisotopic (exact) mass is 533 g/mol. The normalized spacial score (nSPS) is 13.0. The van der Waals surface area contributed by atoms with Gasteiger partial charge in [-0.25, -0.2) is 0 Å². The van der Waals surface area contributed by atoms with E-state index in [0.717, 1.165) is 10.1 Å². The summed E-state index contributed by atoms with van der Waals surface area (Å²) in [7, 11) is 1.35. The minimum absolute atomic E-state index is 0.0214. The summed E-state index contributed by atoms with van der Waals surface area (Å²) < 4.78 is 81.1. The van der Waals surface area contributed by atoms with Crippen molar-refractivity contribution >= 4 is 16.8 Å². The molecule has 0 aliphatic carbocycles. The quantitative estimate of drug-likeness (QED) is 0.307. The Labute approximate surface area is 212 Å². The van der Waals surface area contributed by atoms with Crippen LogP contribution in [0.2, 0.25) is 0 Å². The molecule has 0 fully saturated rings. The van der Waals surface area contributed by atoms with Gasteiger partial charge in [-0.1, -0.05) is 35.9 Å². The molecule has 0 aliphatic heterocycles. The molecule has 2 aromatic carbocycles. The molecule has 1 N–H and O–H groups in total. The Hall–Kier alpha value is -4.15. The van der Waals surface area contributed by atoms with Gasteiger partial charge in [0.2, 0.25) is 0 Å². The van der Waals surface area contributed by atoms with Crippen LogP contribution in [0, 0.1) is 6.92 Å². The van der Waals surface area contributed by atoms with E-state index < -0.39 is 46.6 Å². The smallest absolute Gasteiger partial charge is 0.344 e. The third kappa shape index (κ3) is 5.13. The molecule has 198 valence electrons. The van der Waals surface area contributed by atoms with Gasteiger partial charge in [0.05, 0.1) is 17.2 Å². The molecule has 5 nitrogen and oxygen atoms in total. The number of pyridine rings is 2. The highest BCUT2D eigenvalue weighted by atomic mass is 19.4. The van der Waals surface area contributed by atoms with Gasteiger partial charge in [-0.3, -0.25) is 14.6 Å². The van der Waals surface area contributed by atoms with E-state index in [-0.39, 0.29) is 17.3 Å². The average Bonchev–Trinajstić information content (AvgIpc) is 2.85. The summed E-state index contributed by atoms with van der Waals surface area (Å²) in [5.74, 6) is -0.857. The molecule has 0 spiro atoms. The standard InChI is InChI=1S/C27H21F6N3O2/c1-14-6-8-16(9-7-14)21-20-5-4-10-34-22(20)25(38)36(3)23(21)24(37)35-15(2)17-11-18(26(28,29)30)13-19(12-17)27(31,32)33/h4-13,15H,1-3H3,(H,35,37). The van der Waals surface area contributed by atoms with E-state index in [2.05, 4.69) is 10.3 Å². The van der Waals surface area contributed by atoms with Crippen molar-refractivity contribution in [3.63, 3.8) is 0 Å². The topological polar surface area (TPSA) is 64.0 Å². The molecule has 0 saturated heterocycles. The van der Waals surface area contributed by atoms with Crippen LogP contribution < -0.4 is 10.9 Å². The number of amides is 1. The molecule has 2 aromatic heterocycles. The molecule has 0 saturated carbocycles. The number of carbonyl (C=O) groups is 1. The second-order valence-corrected chi connectivity index (χ2v) is 8.89. The maximum Gasteiger partial charge on any atom is 0.416 e. The molecule has 11 heteroatoms. The summed E-state index contributed by atoms with van der Waals surface area (Å²) >= 11 is 0. The summed E-state index contributed by atoms with van der Waals surface area (Å²) in [5, 5.41) is 2.84. The first-order chi connectivity index (χ1) is 17.7. The third-order valence-corrected chi connectivity index (χ3v) is 6.17. The number of fused-ring (bicyclic) bond motifs is 1. The van der Waals surface area contributed by atoms with Crippen LogP contribution in [0.15, 0.2) is 65.6 Å². The zero-order chi connectivity index (χ0) is 28.0. The highest BCUT2D eigenvalue weighted by Crippen LogP contribution is 2.38. The Morgan fingerprint density at radius 2 is 1.53 bits per heavy atom. The van der Waals surface area contributed by atoms with Gasteiger partial charge in [0, 0.05) is 24.2 Å². The van der Waals surface area contributed by atoms with E-state index in [1.807, 2.05) is 6.92 Å². The lowest BCUT2D eigenvalue weighted by molar-refractivity contribution is -0.143. The van der Waals surface area contributed by atoms with E-state index in [1.54, 1.807) is 36.4 Å². The van der Waals surface area contributed by atoms with Crippen LogP contribution >= 0.6 is 0 Å². The highest BCUT2D eigenvalue weighted by molar-refractivity contribution is 6.07. The van der Waals surface area contributed by atoms with Crippen molar-refractivity contribution in [1.82, 2.24) is 14.9 Å². The van der Waals surface area contributed by atoms with Gasteiger partial charge in [0.25, 0.3) is 11.5 Å². The van der Waals surface area contributed by atoms with Crippen LogP contribution in [0.3, 0.4) is 0 Å². The summed E-state index contributed by atoms with van der Waals surface area (Å²) in [6.07, 6.45) is -8.64. The number of hydrogen-bond donors (Lipinski definition) is 1. The second kappa shape index (κ2) is 9.62. The molecule has 38 heavy (non-hydrogen) atoms. The molecule has 0 aliphatic rings. The predicted molar refractivity (Wildman–Crippen MR) is 129 cm³/mol. The molecule has 2 heterocycles. The van der Waals surface area contributed by atoms with Crippen LogP contribution in [0.25, 0.3) is 22.0 Å². The van der Waals surface area contributed by atoms with Gasteiger partial charge in [-0.2, -0.15) is 26.3 Å². The molecule has 1 atom stereocenters. The fourth-order valence-corrected chi connectivity index (χ4v) is 4.19. The number of hydrogen-bond acceptors (Lipinski definition) is 3. The van der Waals surface area contributed by atoms with Gasteiger partial charge in [-0.05, 0) is 49.2 Å². The lowest BCUT2D eigenvalue weighted by atomic mass is 9.96. The fraction of sp³-hybridized carbons (Fsp3) is 0.222. The molecule has 0 bridgehead atoms. The lowest BCUT2D eigenvalue weighted by Gasteiger charge is -2.21. The predicted octanol–water partition coefficient (Wildman–Crippen LogP) is 6.44. The number of nitrogens with zero attached hydrogens (tertiary/aromatic N) is 2. The van der Waals surface area contributed by atoms with Crippen LogP contribution in [0.1, 0.15) is 45.7 Å². The van der Waals surface area contributed by atoms with Crippen molar-refractivity contribution in [3.8, 4) is 11.1 Å². The maximum absolute atomic E-state index is 13.5. The highest BCUT2D eigenvalue weighted by Gasteiger charge is 2.37. The molecule has 4 aromatic rings. The lowest BCUT2D eigenvalue weighted by Crippen LogP contribution is -2.34. The van der Waals surface area contributed by atoms with E-state index in [4.69, 9.17) is 0 Å². The third-order valence-electron chi connectivity index (χ3n) is 6.17. The molecule has 1 unspecified atom stereocenters. The summed E-state index contributed by atoms with van der Waals surface area (Å²) in [4.78, 5) is 30.7. The van der Waals surface area contributed by atoms with Crippen LogP contribution in [-0.4, -0.2) is 15.5 Å². The number of benzene rings is 2. The number of rotatable bonds is 4. The van der Waals surface area contributed by atoms with Crippen molar-refractivity contribution in [3.05, 3.63) is 99.1 Å². The number of alkyl halides is 6. The van der Waals surface area contributed by atoms with Crippen molar-refractivity contribution in [2.24, 2.45) is 7.05 Å². The van der Waals surface area contributed by atoms with E-state index in [9.17, 15) is 35.9 Å². The van der Waals surface area contributed by atoms with Crippen molar-refractivity contribution in [1.29, 1.82) is 0 Å². The van der Waals surface area contributed by atoms with E-state index in [0.29, 0.717) is 28.6 Å². The Bertz CT molecular complexity index is 1560. The minimum atomic E-state index is -5.03. The SMILES string of the molecule is Cc1ccc(-c2c(C(=O)NC(C)c3cc(C(F)(F)F)cc(C(F)(F)F)c3)n(C)c(=O)c3ncccc23)cc1. The minimum Gasteiger partial charge on any atom is -0.344 e. The summed E-state index contributed by atoms with van der Waals surface area (Å²) in [6.45, 7) is 3.13. The number of nitrogens with one attached hydrogen (secondary N) is 1. The van der Waals surface area contributed by atoms with Crippen molar-refractivity contribution in [2.75, 3.05) is 0 Å². The summed E-state index contributed by atoms with van der Waals surface area (Å²) in [6, 6.07) is 10.2. The van der Waals surface area contributed by atoms with Crippen molar-refractivity contribution in [2.45, 2.75) is 32.2 Å². The van der Waals surface area contributed by atoms with Gasteiger partial charge in [0.1, 0.15) is 11.2 Å². The van der Waals surface area contributed by atoms with E-state index >= 15 is 0 Å². The van der Waals surface area contributed by atoms with Gasteiger partial charge in [0.15, 0.2) is 0 Å². The first kappa shape index (κ1) is 26.9. The van der Waals surface area contributed by atoms with Crippen molar-refractivity contribution < 1.29 is 31.1 Å². The molecular formula is C27H21F6N3O2. The van der Waals surface area contributed by atoms with Crippen LogP contribution in [-0.2, 0) is 19.4 Å². The van der Waals surface area contributed by atoms with Gasteiger partial charge >= 0.3 is 12.4 Å². The number of carbonyl (C=O) groups excluding carboxylic acids is 1. The zero-order valence-electron chi connectivity index (χ0n) is 20.3. The first-order valence-corrected chi connectivity index (χ1v) is 11.3. The van der Waals surface area contributed by atoms with Crippen LogP contribution in [0.5, 0.6) is 0 Å². The molecular weight excluding hydrogens is 512 g/mol. The van der Waals surface area contributed by atoms with Gasteiger partial charge < -0.3 is 9.88 Å². The number of aryl methyl sites for hydroxylation is 1. The zero-order valence-corrected chi connectivity index (χ0v) is 20.3. The largest absolute Gasteiger partial charge is 0.416 e. The Kier molecular flexibility index (Phi) is 6.81. The Balaban J connectivity index is 1.85. The molecule has 0 radical (unpaired) electrons. The molecule has 1 amide bonds. The Morgan fingerprint density at radius 3 is 2.08 bits per heavy atom. The Morgan fingerprint density at radius 1 is 0.947 bits per heavy atom. The number of halogens is 6. The number of aromatic nitrogens is 2. The van der Waals surface area contributed by atoms with Gasteiger partial charge in [-0.15, -0.1) is 0 Å². The average molecular weight is 533 g/mol. The fourth-order valence-electron chi connectivity index (χ4n) is 4.19. The molecule has 4 rings (SSSR count). The van der Waals surface area contributed by atoms with E-state index in [1.165, 1.54) is 20.2 Å². The second-order valence-electron chi connectivity index (χ2n) is 8.89. The van der Waals surface area contributed by atoms with Crippen LogP contribution in [0.4, 0.5) is 26.3 Å². The maximum atomic E-state index is 13.5. The first-order valence-electron chi connectivity index (χ1n) is 11.3.